The zero-order valence-electron chi connectivity index (χ0n) is 17.5. The van der Waals surface area contributed by atoms with Crippen molar-refractivity contribution in [2.45, 2.75) is 38.0 Å². The lowest BCUT2D eigenvalue weighted by molar-refractivity contribution is -0.127. The number of aromatic nitrogens is 1. The number of hydrogen-bond donors (Lipinski definition) is 4. The number of benzene rings is 1. The van der Waals surface area contributed by atoms with Crippen LogP contribution in [0, 0.1) is 11.7 Å². The van der Waals surface area contributed by atoms with E-state index in [2.05, 4.69) is 15.6 Å². The fourth-order valence-corrected chi connectivity index (χ4v) is 3.59. The molecule has 1 saturated carbocycles. The Morgan fingerprint density at radius 3 is 2.69 bits per heavy atom. The van der Waals surface area contributed by atoms with Crippen LogP contribution in [0.3, 0.4) is 0 Å². The first-order valence-corrected chi connectivity index (χ1v) is 9.96. The Morgan fingerprint density at radius 1 is 1.31 bits per heavy atom. The number of rotatable bonds is 6. The van der Waals surface area contributed by atoms with Gasteiger partial charge in [0.15, 0.2) is 0 Å². The first-order chi connectivity index (χ1) is 15.4. The Kier molecular flexibility index (Phi) is 9.55. The van der Waals surface area contributed by atoms with E-state index in [0.29, 0.717) is 25.8 Å². The first-order valence-electron chi connectivity index (χ1n) is 9.96. The minimum atomic E-state index is -0.628. The van der Waals surface area contributed by atoms with E-state index >= 15 is 0 Å². The lowest BCUT2D eigenvalue weighted by Crippen LogP contribution is -2.50. The molecule has 0 saturated heterocycles. The van der Waals surface area contributed by atoms with Crippen molar-refractivity contribution in [2.24, 2.45) is 5.92 Å². The number of pyridine rings is 1. The molecule has 0 unspecified atom stereocenters. The summed E-state index contributed by atoms with van der Waals surface area (Å²) in [6.45, 7) is 0.136. The summed E-state index contributed by atoms with van der Waals surface area (Å²) in [7, 11) is 1.56. The van der Waals surface area contributed by atoms with Gasteiger partial charge in [0.05, 0.1) is 17.7 Å². The molecule has 3 atom stereocenters. The second kappa shape index (κ2) is 12.4. The quantitative estimate of drug-likeness (QED) is 0.496. The van der Waals surface area contributed by atoms with E-state index in [4.69, 9.17) is 14.6 Å². The fourth-order valence-electron chi connectivity index (χ4n) is 3.59. The number of nitrogens with one attached hydrogen (secondary N) is 2. The van der Waals surface area contributed by atoms with Crippen LogP contribution in [0.15, 0.2) is 42.7 Å². The van der Waals surface area contributed by atoms with Gasteiger partial charge in [-0.15, -0.1) is 0 Å². The smallest absolute Gasteiger partial charge is 0.290 e. The molecule has 2 aromatic rings. The summed E-state index contributed by atoms with van der Waals surface area (Å²) in [6, 6.07) is 6.51. The van der Waals surface area contributed by atoms with E-state index in [0.717, 1.165) is 17.7 Å². The van der Waals surface area contributed by atoms with Crippen molar-refractivity contribution in [1.29, 1.82) is 0 Å². The second-order valence-corrected chi connectivity index (χ2v) is 7.21. The van der Waals surface area contributed by atoms with Crippen LogP contribution in [0.1, 0.15) is 35.2 Å². The van der Waals surface area contributed by atoms with Gasteiger partial charge in [0.1, 0.15) is 11.6 Å². The summed E-state index contributed by atoms with van der Waals surface area (Å²) in [6.07, 6.45) is 4.78. The summed E-state index contributed by atoms with van der Waals surface area (Å²) in [4.78, 5) is 37.5. The highest BCUT2D eigenvalue weighted by atomic mass is 19.1. The molecule has 172 valence electrons. The molecule has 9 nitrogen and oxygen atoms in total. The number of aromatic hydroxyl groups is 1. The molecule has 32 heavy (non-hydrogen) atoms. The van der Waals surface area contributed by atoms with Gasteiger partial charge in [-0.25, -0.2) is 4.39 Å². The Balaban J connectivity index is 0.00000114. The van der Waals surface area contributed by atoms with E-state index in [-0.39, 0.29) is 30.0 Å². The molecule has 1 aliphatic carbocycles. The number of amides is 2. The molecule has 0 aliphatic heterocycles. The molecule has 3 rings (SSSR count). The maximum atomic E-state index is 13.2. The number of phenols is 1. The third-order valence-electron chi connectivity index (χ3n) is 5.17. The average Bonchev–Trinajstić information content (AvgIpc) is 2.78. The molecular weight excluding hydrogens is 421 g/mol. The van der Waals surface area contributed by atoms with Crippen molar-refractivity contribution >= 4 is 18.3 Å². The molecular formula is C22H26FN3O6. The van der Waals surface area contributed by atoms with E-state index in [1.807, 2.05) is 12.1 Å². The summed E-state index contributed by atoms with van der Waals surface area (Å²) in [5, 5.41) is 22.4. The molecule has 10 heteroatoms. The van der Waals surface area contributed by atoms with Gasteiger partial charge >= 0.3 is 0 Å². The molecule has 1 aliphatic rings. The van der Waals surface area contributed by atoms with Gasteiger partial charge in [0.2, 0.25) is 5.91 Å². The Bertz CT molecular complexity index is 912. The highest BCUT2D eigenvalue weighted by molar-refractivity contribution is 5.97. The van der Waals surface area contributed by atoms with Crippen LogP contribution in [-0.4, -0.2) is 52.7 Å². The number of carbonyl (C=O) groups excluding carboxylic acids is 2. The van der Waals surface area contributed by atoms with Crippen LogP contribution >= 0.6 is 0 Å². The maximum Gasteiger partial charge on any atom is 0.290 e. The highest BCUT2D eigenvalue weighted by Gasteiger charge is 2.35. The predicted molar refractivity (Wildman–Crippen MR) is 112 cm³/mol. The normalized spacial score (nSPS) is 19.8. The summed E-state index contributed by atoms with van der Waals surface area (Å²) < 4.78 is 18.6. The number of hydrogen-bond acceptors (Lipinski definition) is 6. The van der Waals surface area contributed by atoms with Crippen LogP contribution in [0.5, 0.6) is 5.75 Å². The molecule has 0 bridgehead atoms. The van der Waals surface area contributed by atoms with Gasteiger partial charge in [-0.3, -0.25) is 19.4 Å². The van der Waals surface area contributed by atoms with Gasteiger partial charge < -0.3 is 25.6 Å². The van der Waals surface area contributed by atoms with Crippen LogP contribution < -0.4 is 10.6 Å². The van der Waals surface area contributed by atoms with Crippen molar-refractivity contribution < 1.29 is 33.7 Å². The summed E-state index contributed by atoms with van der Waals surface area (Å²) in [5.74, 6) is -1.96. The molecule has 0 spiro atoms. The van der Waals surface area contributed by atoms with Gasteiger partial charge in [-0.1, -0.05) is 6.07 Å². The van der Waals surface area contributed by atoms with Gasteiger partial charge in [0.25, 0.3) is 12.4 Å². The predicted octanol–water partition coefficient (Wildman–Crippen LogP) is 1.86. The number of halogens is 1. The zero-order chi connectivity index (χ0) is 23.5. The number of nitrogens with zero attached hydrogens (tertiary/aromatic N) is 1. The minimum Gasteiger partial charge on any atom is -0.507 e. The fraction of sp³-hybridized carbons (Fsp3) is 0.364. The van der Waals surface area contributed by atoms with Crippen LogP contribution in [0.25, 0.3) is 0 Å². The molecule has 1 fully saturated rings. The van der Waals surface area contributed by atoms with Crippen molar-refractivity contribution in [1.82, 2.24) is 15.6 Å². The van der Waals surface area contributed by atoms with Crippen LogP contribution in [0.2, 0.25) is 0 Å². The topological polar surface area (TPSA) is 138 Å². The zero-order valence-corrected chi connectivity index (χ0v) is 17.5. The van der Waals surface area contributed by atoms with Crippen molar-refractivity contribution in [3.63, 3.8) is 0 Å². The summed E-state index contributed by atoms with van der Waals surface area (Å²) in [5.41, 5.74) is 0.882. The maximum absolute atomic E-state index is 13.2. The third kappa shape index (κ3) is 7.02. The second-order valence-electron chi connectivity index (χ2n) is 7.21. The van der Waals surface area contributed by atoms with Crippen molar-refractivity contribution in [2.75, 3.05) is 7.11 Å². The number of methoxy groups -OCH3 is 1. The van der Waals surface area contributed by atoms with E-state index < -0.39 is 23.5 Å². The van der Waals surface area contributed by atoms with Gasteiger partial charge in [-0.05, 0) is 43.0 Å². The van der Waals surface area contributed by atoms with E-state index in [9.17, 15) is 19.1 Å². The largest absolute Gasteiger partial charge is 0.507 e. The van der Waals surface area contributed by atoms with E-state index in [1.165, 1.54) is 6.07 Å². The van der Waals surface area contributed by atoms with Gasteiger partial charge in [0, 0.05) is 38.0 Å². The van der Waals surface area contributed by atoms with Crippen molar-refractivity contribution in [3.8, 4) is 5.75 Å². The van der Waals surface area contributed by atoms with E-state index in [1.54, 1.807) is 19.5 Å². The minimum absolute atomic E-state index is 0.0237. The SMILES string of the molecule is CO[C@@H]1CC[C@H](C(=O)NCc2cccnc2)C[C@H]1NC(=O)c1ccc(F)cc1O.O=CO. The molecule has 1 aromatic carbocycles. The number of phenolic OH excluding ortho intramolecular Hbond substituents is 1. The van der Waals surface area contributed by atoms with Crippen LogP contribution in [0.4, 0.5) is 4.39 Å². The highest BCUT2D eigenvalue weighted by Crippen LogP contribution is 2.28. The number of carbonyl (C=O) groups is 3. The first kappa shape index (κ1) is 24.7. The Hall–Kier alpha value is -3.53. The Morgan fingerprint density at radius 2 is 2.06 bits per heavy atom. The molecule has 2 amide bonds. The Labute approximate surface area is 184 Å². The average molecular weight is 447 g/mol. The molecule has 4 N–H and O–H groups in total. The van der Waals surface area contributed by atoms with Crippen LogP contribution in [-0.2, 0) is 20.9 Å². The monoisotopic (exact) mass is 447 g/mol. The molecule has 1 heterocycles. The van der Waals surface area contributed by atoms with Gasteiger partial charge in [-0.2, -0.15) is 0 Å². The molecule has 1 aromatic heterocycles. The molecule has 0 radical (unpaired) electrons. The lowest BCUT2D eigenvalue weighted by atomic mass is 9.83. The van der Waals surface area contributed by atoms with Crippen molar-refractivity contribution in [3.05, 3.63) is 59.7 Å². The summed E-state index contributed by atoms with van der Waals surface area (Å²) >= 11 is 0. The number of ether oxygens (including phenoxy) is 1. The number of carboxylic acid groups (broad SMARTS) is 1. The third-order valence-corrected chi connectivity index (χ3v) is 5.17. The lowest BCUT2D eigenvalue weighted by Gasteiger charge is -2.35. The standard InChI is InChI=1S/C21H24FN3O4.CH2O2/c1-29-19-7-4-14(20(27)24-12-13-3-2-8-23-11-13)9-17(19)25-21(28)16-6-5-15(22)10-18(16)26;2-1-3/h2-3,5-6,8,10-11,14,17,19,26H,4,7,9,12H2,1H3,(H,24,27)(H,25,28);1H,(H,2,3)/t14-,17+,19+;/m0./s1.